The summed E-state index contributed by atoms with van der Waals surface area (Å²) in [5.74, 6) is -1.46. The Kier molecular flexibility index (Phi) is 6.28. The lowest BCUT2D eigenvalue weighted by Crippen LogP contribution is -2.17. The zero-order chi connectivity index (χ0) is 22.6. The van der Waals surface area contributed by atoms with E-state index in [0.29, 0.717) is 5.75 Å². The molecule has 1 heterocycles. The maximum absolute atomic E-state index is 13.4. The van der Waals surface area contributed by atoms with Crippen molar-refractivity contribution in [1.29, 1.82) is 0 Å². The van der Waals surface area contributed by atoms with Gasteiger partial charge in [-0.15, -0.1) is 0 Å². The first-order chi connectivity index (χ1) is 14.6. The van der Waals surface area contributed by atoms with E-state index in [0.717, 1.165) is 19.1 Å². The molecule has 6 nitrogen and oxygen atoms in total. The van der Waals surface area contributed by atoms with Crippen molar-refractivity contribution >= 4 is 23.2 Å². The van der Waals surface area contributed by atoms with E-state index in [-0.39, 0.29) is 23.8 Å². The van der Waals surface area contributed by atoms with Gasteiger partial charge in [0, 0.05) is 12.6 Å². The summed E-state index contributed by atoms with van der Waals surface area (Å²) in [6.07, 6.45) is -4.77. The van der Waals surface area contributed by atoms with Crippen LogP contribution in [0.25, 0.3) is 0 Å². The van der Waals surface area contributed by atoms with Gasteiger partial charge in [0.1, 0.15) is 23.9 Å². The van der Waals surface area contributed by atoms with Gasteiger partial charge < -0.3 is 19.8 Å². The van der Waals surface area contributed by atoms with Crippen LogP contribution in [0.2, 0.25) is 0 Å². The fourth-order valence-corrected chi connectivity index (χ4v) is 2.62. The number of hydrogen-bond donors (Lipinski definition) is 2. The average molecular weight is 436 g/mol. The fourth-order valence-electron chi connectivity index (χ4n) is 2.62. The molecule has 0 aliphatic carbocycles. The summed E-state index contributed by atoms with van der Waals surface area (Å²) in [6.45, 7) is 1.09. The van der Waals surface area contributed by atoms with E-state index in [9.17, 15) is 27.2 Å². The molecule has 3 aromatic rings. The number of halogens is 4. The molecule has 0 aliphatic heterocycles. The quantitative estimate of drug-likeness (QED) is 0.519. The Morgan fingerprint density at radius 2 is 1.71 bits per heavy atom. The molecular weight excluding hydrogens is 420 g/mol. The van der Waals surface area contributed by atoms with Crippen LogP contribution in [0.4, 0.5) is 28.9 Å². The number of anilines is 2. The third-order valence-electron chi connectivity index (χ3n) is 3.97. The van der Waals surface area contributed by atoms with Crippen LogP contribution in [0.1, 0.15) is 28.8 Å². The molecule has 0 unspecified atom stereocenters. The number of alkyl halides is 3. The summed E-state index contributed by atoms with van der Waals surface area (Å²) in [6, 6.07) is 11.0. The number of rotatable bonds is 6. The van der Waals surface area contributed by atoms with Crippen LogP contribution in [0.5, 0.6) is 5.75 Å². The zero-order valence-electron chi connectivity index (χ0n) is 16.0. The smallest absolute Gasteiger partial charge is 0.418 e. The van der Waals surface area contributed by atoms with E-state index < -0.39 is 35.1 Å². The first-order valence-corrected chi connectivity index (χ1v) is 8.89. The number of benzene rings is 2. The molecule has 0 saturated carbocycles. The standard InChI is InChI=1S/C21H16F4N2O4/c1-12(28)26-14-4-8-18(17(10-14)21(23,24)25)27-20(29)19-9-7-16(31-19)11-30-15-5-2-13(22)3-6-15/h2-10H,11H2,1H3,(H,26,28)(H,27,29). The van der Waals surface area contributed by atoms with E-state index >= 15 is 0 Å². The Hall–Kier alpha value is -3.82. The average Bonchev–Trinajstić information content (AvgIpc) is 3.17. The van der Waals surface area contributed by atoms with Gasteiger partial charge in [-0.1, -0.05) is 0 Å². The molecule has 0 saturated heterocycles. The molecule has 0 atom stereocenters. The van der Waals surface area contributed by atoms with Gasteiger partial charge in [0.05, 0.1) is 11.3 Å². The second-order valence-electron chi connectivity index (χ2n) is 6.40. The molecule has 3 rings (SSSR count). The molecule has 162 valence electrons. The van der Waals surface area contributed by atoms with E-state index in [2.05, 4.69) is 10.6 Å². The van der Waals surface area contributed by atoms with E-state index in [1.165, 1.54) is 42.5 Å². The summed E-state index contributed by atoms with van der Waals surface area (Å²) < 4.78 is 63.7. The first-order valence-electron chi connectivity index (χ1n) is 8.89. The lowest BCUT2D eigenvalue weighted by atomic mass is 10.1. The van der Waals surface area contributed by atoms with Crippen molar-refractivity contribution in [3.8, 4) is 5.75 Å². The highest BCUT2D eigenvalue weighted by molar-refractivity contribution is 6.03. The monoisotopic (exact) mass is 436 g/mol. The fraction of sp³-hybridized carbons (Fsp3) is 0.143. The predicted octanol–water partition coefficient (Wildman–Crippen LogP) is 5.23. The Morgan fingerprint density at radius 1 is 1.00 bits per heavy atom. The molecule has 2 N–H and O–H groups in total. The molecule has 0 spiro atoms. The Morgan fingerprint density at radius 3 is 2.35 bits per heavy atom. The minimum Gasteiger partial charge on any atom is -0.486 e. The summed E-state index contributed by atoms with van der Waals surface area (Å²) in [5.41, 5.74) is -1.68. The van der Waals surface area contributed by atoms with Crippen molar-refractivity contribution in [2.75, 3.05) is 10.6 Å². The van der Waals surface area contributed by atoms with E-state index in [4.69, 9.17) is 9.15 Å². The van der Waals surface area contributed by atoms with Gasteiger partial charge in [-0.2, -0.15) is 13.2 Å². The number of furan rings is 1. The zero-order valence-corrected chi connectivity index (χ0v) is 16.0. The lowest BCUT2D eigenvalue weighted by Gasteiger charge is -2.15. The van der Waals surface area contributed by atoms with Crippen LogP contribution in [0, 0.1) is 5.82 Å². The maximum Gasteiger partial charge on any atom is 0.418 e. The van der Waals surface area contributed by atoms with Gasteiger partial charge in [-0.05, 0) is 54.6 Å². The summed E-state index contributed by atoms with van der Waals surface area (Å²) >= 11 is 0. The number of carbonyl (C=O) groups excluding carboxylic acids is 2. The molecule has 0 aliphatic rings. The third kappa shape index (κ3) is 5.84. The van der Waals surface area contributed by atoms with Crippen molar-refractivity contribution in [2.24, 2.45) is 0 Å². The van der Waals surface area contributed by atoms with E-state index in [1.54, 1.807) is 0 Å². The van der Waals surface area contributed by atoms with Crippen molar-refractivity contribution in [2.45, 2.75) is 19.7 Å². The Balaban J connectivity index is 1.71. The molecule has 0 fully saturated rings. The van der Waals surface area contributed by atoms with E-state index in [1.807, 2.05) is 0 Å². The summed E-state index contributed by atoms with van der Waals surface area (Å²) in [4.78, 5) is 23.4. The van der Waals surface area contributed by atoms with Crippen LogP contribution in [-0.4, -0.2) is 11.8 Å². The molecule has 10 heteroatoms. The molecule has 2 aromatic carbocycles. The van der Waals surface area contributed by atoms with Crippen molar-refractivity contribution in [3.63, 3.8) is 0 Å². The first kappa shape index (κ1) is 21.9. The van der Waals surface area contributed by atoms with Crippen LogP contribution in [0.3, 0.4) is 0 Å². The largest absolute Gasteiger partial charge is 0.486 e. The topological polar surface area (TPSA) is 80.6 Å². The third-order valence-corrected chi connectivity index (χ3v) is 3.97. The van der Waals surface area contributed by atoms with Crippen molar-refractivity contribution < 1.29 is 36.3 Å². The summed E-state index contributed by atoms with van der Waals surface area (Å²) in [7, 11) is 0. The molecule has 0 radical (unpaired) electrons. The molecule has 1 aromatic heterocycles. The van der Waals surface area contributed by atoms with Crippen LogP contribution >= 0.6 is 0 Å². The molecule has 2 amide bonds. The predicted molar refractivity (Wildman–Crippen MR) is 103 cm³/mol. The maximum atomic E-state index is 13.4. The number of nitrogens with one attached hydrogen (secondary N) is 2. The minimum atomic E-state index is -4.77. The number of carbonyl (C=O) groups is 2. The van der Waals surface area contributed by atoms with Crippen LogP contribution < -0.4 is 15.4 Å². The van der Waals surface area contributed by atoms with Gasteiger partial charge in [0.25, 0.3) is 5.91 Å². The van der Waals surface area contributed by atoms with Gasteiger partial charge >= 0.3 is 6.18 Å². The Labute approximate surface area is 173 Å². The second-order valence-corrected chi connectivity index (χ2v) is 6.40. The summed E-state index contributed by atoms with van der Waals surface area (Å²) in [5, 5.41) is 4.42. The van der Waals surface area contributed by atoms with Gasteiger partial charge in [0.15, 0.2) is 5.76 Å². The lowest BCUT2D eigenvalue weighted by molar-refractivity contribution is -0.137. The molecule has 31 heavy (non-hydrogen) atoms. The highest BCUT2D eigenvalue weighted by atomic mass is 19.4. The highest BCUT2D eigenvalue weighted by Gasteiger charge is 2.34. The van der Waals surface area contributed by atoms with Crippen LogP contribution in [-0.2, 0) is 17.6 Å². The minimum absolute atomic E-state index is 0.0592. The highest BCUT2D eigenvalue weighted by Crippen LogP contribution is 2.37. The van der Waals surface area contributed by atoms with Gasteiger partial charge in [-0.3, -0.25) is 9.59 Å². The normalized spacial score (nSPS) is 11.1. The molecular formula is C21H16F4N2O4. The number of hydrogen-bond acceptors (Lipinski definition) is 4. The Bertz CT molecular complexity index is 1090. The number of ether oxygens (including phenoxy) is 1. The van der Waals surface area contributed by atoms with Gasteiger partial charge in [-0.25, -0.2) is 4.39 Å². The van der Waals surface area contributed by atoms with Gasteiger partial charge in [0.2, 0.25) is 5.91 Å². The molecule has 0 bridgehead atoms. The van der Waals surface area contributed by atoms with Crippen molar-refractivity contribution in [1.82, 2.24) is 0 Å². The van der Waals surface area contributed by atoms with Crippen LogP contribution in [0.15, 0.2) is 59.0 Å². The number of amides is 2. The SMILES string of the molecule is CC(=O)Nc1ccc(NC(=O)c2ccc(COc3ccc(F)cc3)o2)c(C(F)(F)F)c1. The van der Waals surface area contributed by atoms with Crippen molar-refractivity contribution in [3.05, 3.63) is 77.5 Å². The second kappa shape index (κ2) is 8.90.